The first kappa shape index (κ1) is 15.4. The third-order valence-electron chi connectivity index (χ3n) is 2.27. The van der Waals surface area contributed by atoms with E-state index in [1.54, 1.807) is 0 Å². The van der Waals surface area contributed by atoms with E-state index in [0.717, 1.165) is 39.1 Å². The predicted octanol–water partition coefficient (Wildman–Crippen LogP) is 1.69. The Balaban J connectivity index is 0.000000288. The molecule has 1 aliphatic rings. The molecule has 4 heteroatoms. The Kier molecular flexibility index (Phi) is 10.5. The molecule has 16 heavy (non-hydrogen) atoms. The maximum Gasteiger partial charge on any atom is 0.305 e. The largest absolute Gasteiger partial charge is 0.466 e. The zero-order chi connectivity index (χ0) is 12.2. The molecule has 1 fully saturated rings. The minimum atomic E-state index is -0.0700. The van der Waals surface area contributed by atoms with Crippen molar-refractivity contribution >= 4 is 5.97 Å². The van der Waals surface area contributed by atoms with Crippen LogP contribution in [0.15, 0.2) is 0 Å². The standard InChI is InChI=1S/C7H14O2.C5H11NO/c1-3-5-6-7(8)9-4-2;1-6-2-4-7-5-3-6/h3-6H2,1-2H3;2-5H2,1H3. The molecule has 1 saturated heterocycles. The van der Waals surface area contributed by atoms with E-state index in [9.17, 15) is 4.79 Å². The van der Waals surface area contributed by atoms with Gasteiger partial charge in [-0.2, -0.15) is 0 Å². The van der Waals surface area contributed by atoms with E-state index in [-0.39, 0.29) is 5.97 Å². The molecule has 0 aromatic heterocycles. The monoisotopic (exact) mass is 231 g/mol. The minimum absolute atomic E-state index is 0.0700. The van der Waals surface area contributed by atoms with Crippen LogP contribution in [0.2, 0.25) is 0 Å². The van der Waals surface area contributed by atoms with Crippen molar-refractivity contribution in [3.8, 4) is 0 Å². The average Bonchev–Trinajstić information content (AvgIpc) is 2.29. The van der Waals surface area contributed by atoms with E-state index in [2.05, 4.69) is 18.9 Å². The summed E-state index contributed by atoms with van der Waals surface area (Å²) in [6.45, 7) is 8.40. The first-order valence-corrected chi connectivity index (χ1v) is 6.12. The van der Waals surface area contributed by atoms with Gasteiger partial charge in [-0.1, -0.05) is 13.3 Å². The molecule has 0 radical (unpaired) electrons. The summed E-state index contributed by atoms with van der Waals surface area (Å²) in [6, 6.07) is 0. The second-order valence-corrected chi connectivity index (χ2v) is 3.82. The number of hydrogen-bond donors (Lipinski definition) is 0. The fourth-order valence-corrected chi connectivity index (χ4v) is 1.21. The summed E-state index contributed by atoms with van der Waals surface area (Å²) in [5, 5.41) is 0. The van der Waals surface area contributed by atoms with E-state index in [1.165, 1.54) is 0 Å². The Bertz CT molecular complexity index is 168. The summed E-state index contributed by atoms with van der Waals surface area (Å²) in [7, 11) is 2.11. The molecule has 0 saturated carbocycles. The van der Waals surface area contributed by atoms with Crippen LogP contribution in [0, 0.1) is 0 Å². The van der Waals surface area contributed by atoms with Crippen LogP contribution in [0.3, 0.4) is 0 Å². The number of morpholine rings is 1. The van der Waals surface area contributed by atoms with Gasteiger partial charge in [0.2, 0.25) is 0 Å². The van der Waals surface area contributed by atoms with E-state index < -0.39 is 0 Å². The van der Waals surface area contributed by atoms with Crippen molar-refractivity contribution < 1.29 is 14.3 Å². The van der Waals surface area contributed by atoms with Crippen molar-refractivity contribution in [1.29, 1.82) is 0 Å². The number of rotatable bonds is 4. The third kappa shape index (κ3) is 9.93. The number of ether oxygens (including phenoxy) is 2. The van der Waals surface area contributed by atoms with Gasteiger partial charge >= 0.3 is 5.97 Å². The normalized spacial score (nSPS) is 16.2. The molecule has 1 heterocycles. The average molecular weight is 231 g/mol. The van der Waals surface area contributed by atoms with Crippen LogP contribution in [0.5, 0.6) is 0 Å². The summed E-state index contributed by atoms with van der Waals surface area (Å²) < 4.78 is 9.80. The molecule has 96 valence electrons. The molecule has 0 aromatic carbocycles. The molecule has 1 aliphatic heterocycles. The maximum absolute atomic E-state index is 10.6. The van der Waals surface area contributed by atoms with Crippen LogP contribution >= 0.6 is 0 Å². The second-order valence-electron chi connectivity index (χ2n) is 3.82. The highest BCUT2D eigenvalue weighted by Gasteiger charge is 2.02. The van der Waals surface area contributed by atoms with Crippen molar-refractivity contribution in [2.75, 3.05) is 40.0 Å². The maximum atomic E-state index is 10.6. The Hall–Kier alpha value is -0.610. The molecule has 4 nitrogen and oxygen atoms in total. The molecule has 0 spiro atoms. The topological polar surface area (TPSA) is 38.8 Å². The smallest absolute Gasteiger partial charge is 0.305 e. The molecule has 0 amide bonds. The summed E-state index contributed by atoms with van der Waals surface area (Å²) in [5.74, 6) is -0.0700. The van der Waals surface area contributed by atoms with Crippen molar-refractivity contribution in [3.05, 3.63) is 0 Å². The second kappa shape index (κ2) is 10.9. The highest BCUT2D eigenvalue weighted by molar-refractivity contribution is 5.69. The van der Waals surface area contributed by atoms with Gasteiger partial charge in [0.25, 0.3) is 0 Å². The SMILES string of the molecule is CCCCC(=O)OCC.CN1CCOCC1. The Morgan fingerprint density at radius 1 is 1.31 bits per heavy atom. The van der Waals surface area contributed by atoms with Crippen LogP contribution in [0.4, 0.5) is 0 Å². The highest BCUT2D eigenvalue weighted by Crippen LogP contribution is 1.95. The van der Waals surface area contributed by atoms with E-state index in [0.29, 0.717) is 13.0 Å². The first-order valence-electron chi connectivity index (χ1n) is 6.12. The molecule has 0 atom stereocenters. The lowest BCUT2D eigenvalue weighted by Crippen LogP contribution is -2.32. The molecule has 0 unspecified atom stereocenters. The summed E-state index contributed by atoms with van der Waals surface area (Å²) in [4.78, 5) is 12.8. The van der Waals surface area contributed by atoms with E-state index in [4.69, 9.17) is 9.47 Å². The van der Waals surface area contributed by atoms with Gasteiger partial charge in [0.05, 0.1) is 19.8 Å². The third-order valence-corrected chi connectivity index (χ3v) is 2.27. The van der Waals surface area contributed by atoms with Crippen molar-refractivity contribution in [1.82, 2.24) is 4.90 Å². The van der Waals surface area contributed by atoms with Gasteiger partial charge in [-0.3, -0.25) is 4.79 Å². The fraction of sp³-hybridized carbons (Fsp3) is 0.917. The van der Waals surface area contributed by atoms with Gasteiger partial charge in [0.1, 0.15) is 0 Å². The van der Waals surface area contributed by atoms with Gasteiger partial charge in [-0.15, -0.1) is 0 Å². The Morgan fingerprint density at radius 3 is 2.31 bits per heavy atom. The number of hydrogen-bond acceptors (Lipinski definition) is 4. The van der Waals surface area contributed by atoms with Crippen molar-refractivity contribution in [2.45, 2.75) is 33.1 Å². The zero-order valence-electron chi connectivity index (χ0n) is 10.8. The van der Waals surface area contributed by atoms with Crippen LogP contribution < -0.4 is 0 Å². The van der Waals surface area contributed by atoms with Crippen LogP contribution in [0.1, 0.15) is 33.1 Å². The van der Waals surface area contributed by atoms with Gasteiger partial charge in [-0.25, -0.2) is 0 Å². The molecular formula is C12H25NO3. The van der Waals surface area contributed by atoms with E-state index >= 15 is 0 Å². The van der Waals surface area contributed by atoms with E-state index in [1.807, 2.05) is 6.92 Å². The van der Waals surface area contributed by atoms with Crippen molar-refractivity contribution in [3.63, 3.8) is 0 Å². The lowest BCUT2D eigenvalue weighted by atomic mass is 10.3. The summed E-state index contributed by atoms with van der Waals surface area (Å²) >= 11 is 0. The number of likely N-dealkylation sites (N-methyl/N-ethyl adjacent to an activating group) is 1. The fourth-order valence-electron chi connectivity index (χ4n) is 1.21. The van der Waals surface area contributed by atoms with Crippen LogP contribution in [-0.2, 0) is 14.3 Å². The summed E-state index contributed by atoms with van der Waals surface area (Å²) in [6.07, 6.45) is 2.57. The number of esters is 1. The molecule has 0 bridgehead atoms. The van der Waals surface area contributed by atoms with Crippen molar-refractivity contribution in [2.24, 2.45) is 0 Å². The zero-order valence-corrected chi connectivity index (χ0v) is 10.8. The molecule has 0 N–H and O–H groups in total. The quantitative estimate of drug-likeness (QED) is 0.690. The number of carbonyl (C=O) groups is 1. The first-order chi connectivity index (χ1) is 7.70. The predicted molar refractivity (Wildman–Crippen MR) is 64.5 cm³/mol. The lowest BCUT2D eigenvalue weighted by molar-refractivity contribution is -0.143. The van der Waals surface area contributed by atoms with Gasteiger partial charge < -0.3 is 14.4 Å². The molecular weight excluding hydrogens is 206 g/mol. The molecule has 1 rings (SSSR count). The Morgan fingerprint density at radius 2 is 1.94 bits per heavy atom. The lowest BCUT2D eigenvalue weighted by Gasteiger charge is -2.21. The van der Waals surface area contributed by atoms with Crippen LogP contribution in [0.25, 0.3) is 0 Å². The van der Waals surface area contributed by atoms with Gasteiger partial charge in [0, 0.05) is 19.5 Å². The number of unbranched alkanes of at least 4 members (excludes halogenated alkanes) is 1. The molecule has 0 aliphatic carbocycles. The summed E-state index contributed by atoms with van der Waals surface area (Å²) in [5.41, 5.74) is 0. The Labute approximate surface area is 98.9 Å². The number of nitrogens with zero attached hydrogens (tertiary/aromatic N) is 1. The van der Waals surface area contributed by atoms with Gasteiger partial charge in [0.15, 0.2) is 0 Å². The van der Waals surface area contributed by atoms with Crippen LogP contribution in [-0.4, -0.2) is 50.8 Å². The minimum Gasteiger partial charge on any atom is -0.466 e. The highest BCUT2D eigenvalue weighted by atomic mass is 16.5. The number of carbonyl (C=O) groups excluding carboxylic acids is 1. The van der Waals surface area contributed by atoms with Gasteiger partial charge in [-0.05, 0) is 20.4 Å². The molecule has 0 aromatic rings.